The largest absolute Gasteiger partial charge is 0.382 e. The first-order chi connectivity index (χ1) is 11.3. The van der Waals surface area contributed by atoms with Gasteiger partial charge in [0.2, 0.25) is 0 Å². The van der Waals surface area contributed by atoms with E-state index in [0.717, 1.165) is 16.5 Å². The van der Waals surface area contributed by atoms with E-state index in [1.165, 1.54) is 0 Å². The molecule has 110 valence electrons. The zero-order valence-corrected chi connectivity index (χ0v) is 12.1. The first-order valence-electron chi connectivity index (χ1n) is 7.05. The van der Waals surface area contributed by atoms with Crippen molar-refractivity contribution < 1.29 is 0 Å². The van der Waals surface area contributed by atoms with Crippen molar-refractivity contribution in [2.75, 3.05) is 5.73 Å². The lowest BCUT2D eigenvalue weighted by Crippen LogP contribution is -1.99. The molecule has 1 aromatic carbocycles. The summed E-state index contributed by atoms with van der Waals surface area (Å²) in [5.74, 6) is 0.344. The predicted octanol–water partition coefficient (Wildman–Crippen LogP) is 2.73. The molecule has 0 fully saturated rings. The third kappa shape index (κ3) is 2.46. The summed E-state index contributed by atoms with van der Waals surface area (Å²) in [6.07, 6.45) is 8.20. The number of rotatable bonds is 2. The Morgan fingerprint density at radius 1 is 0.826 bits per heavy atom. The number of anilines is 1. The first-order valence-corrected chi connectivity index (χ1v) is 7.05. The van der Waals surface area contributed by atoms with Gasteiger partial charge in [-0.1, -0.05) is 12.1 Å². The monoisotopic (exact) mass is 300 g/mol. The van der Waals surface area contributed by atoms with Crippen LogP contribution in [0.15, 0.2) is 61.3 Å². The van der Waals surface area contributed by atoms with Crippen LogP contribution in [0.4, 0.5) is 5.82 Å². The van der Waals surface area contributed by atoms with Crippen LogP contribution < -0.4 is 5.73 Å². The fraction of sp³-hybridized carbons (Fsp3) is 0. The van der Waals surface area contributed by atoms with Gasteiger partial charge in [-0.25, -0.2) is 4.98 Å². The van der Waals surface area contributed by atoms with Gasteiger partial charge in [-0.2, -0.15) is 0 Å². The summed E-state index contributed by atoms with van der Waals surface area (Å²) in [7, 11) is 0. The van der Waals surface area contributed by atoms with Crippen molar-refractivity contribution in [3.8, 4) is 22.6 Å². The minimum atomic E-state index is 0.344. The van der Waals surface area contributed by atoms with E-state index >= 15 is 0 Å². The number of nitrogens with two attached hydrogens (primary N) is 1. The Morgan fingerprint density at radius 2 is 1.78 bits per heavy atom. The van der Waals surface area contributed by atoms with Gasteiger partial charge >= 0.3 is 0 Å². The predicted molar refractivity (Wildman–Crippen MR) is 88.2 cm³/mol. The van der Waals surface area contributed by atoms with Crippen LogP contribution in [0.2, 0.25) is 0 Å². The highest BCUT2D eigenvalue weighted by molar-refractivity contribution is 5.86. The van der Waals surface area contributed by atoms with Crippen LogP contribution in [0.25, 0.3) is 33.5 Å². The van der Waals surface area contributed by atoms with Gasteiger partial charge in [-0.3, -0.25) is 19.9 Å². The molecule has 0 amide bonds. The molecule has 0 saturated heterocycles. The Hall–Kier alpha value is -3.41. The fourth-order valence-corrected chi connectivity index (χ4v) is 2.44. The normalized spacial score (nSPS) is 10.8. The third-order valence-electron chi connectivity index (χ3n) is 3.47. The summed E-state index contributed by atoms with van der Waals surface area (Å²) < 4.78 is 0. The molecule has 0 aliphatic rings. The van der Waals surface area contributed by atoms with Crippen LogP contribution in [-0.4, -0.2) is 24.9 Å². The molecular weight excluding hydrogens is 288 g/mol. The van der Waals surface area contributed by atoms with Crippen LogP contribution in [0, 0.1) is 0 Å². The van der Waals surface area contributed by atoms with Gasteiger partial charge in [0, 0.05) is 29.5 Å². The van der Waals surface area contributed by atoms with Gasteiger partial charge in [0.1, 0.15) is 17.2 Å². The zero-order valence-electron chi connectivity index (χ0n) is 12.1. The maximum Gasteiger partial charge on any atom is 0.142 e. The number of benzene rings is 1. The van der Waals surface area contributed by atoms with Crippen molar-refractivity contribution in [3.63, 3.8) is 0 Å². The van der Waals surface area contributed by atoms with Crippen molar-refractivity contribution in [1.29, 1.82) is 0 Å². The highest BCUT2D eigenvalue weighted by Crippen LogP contribution is 2.29. The van der Waals surface area contributed by atoms with E-state index in [9.17, 15) is 0 Å². The molecule has 0 saturated carbocycles. The average molecular weight is 300 g/mol. The Kier molecular flexibility index (Phi) is 3.12. The highest BCUT2D eigenvalue weighted by Gasteiger charge is 2.13. The van der Waals surface area contributed by atoms with Crippen molar-refractivity contribution in [3.05, 3.63) is 61.3 Å². The van der Waals surface area contributed by atoms with Gasteiger partial charge in [0.05, 0.1) is 23.6 Å². The second-order valence-corrected chi connectivity index (χ2v) is 4.99. The average Bonchev–Trinajstić information content (AvgIpc) is 2.62. The molecule has 2 N–H and O–H groups in total. The van der Waals surface area contributed by atoms with E-state index in [4.69, 9.17) is 5.73 Å². The van der Waals surface area contributed by atoms with Crippen LogP contribution in [-0.2, 0) is 0 Å². The fourth-order valence-electron chi connectivity index (χ4n) is 2.44. The van der Waals surface area contributed by atoms with Crippen molar-refractivity contribution in [2.24, 2.45) is 0 Å². The summed E-state index contributed by atoms with van der Waals surface area (Å²) in [5.41, 5.74) is 9.62. The number of aromatic nitrogens is 5. The van der Waals surface area contributed by atoms with Gasteiger partial charge < -0.3 is 5.73 Å². The number of hydrogen-bond donors (Lipinski definition) is 1. The van der Waals surface area contributed by atoms with Crippen LogP contribution in [0.5, 0.6) is 0 Å². The van der Waals surface area contributed by atoms with Crippen molar-refractivity contribution >= 4 is 16.7 Å². The molecule has 0 bridgehead atoms. The third-order valence-corrected chi connectivity index (χ3v) is 3.47. The van der Waals surface area contributed by atoms with Crippen LogP contribution in [0.1, 0.15) is 0 Å². The molecule has 0 aliphatic carbocycles. The van der Waals surface area contributed by atoms with E-state index in [-0.39, 0.29) is 0 Å². The maximum atomic E-state index is 5.80. The van der Waals surface area contributed by atoms with Crippen LogP contribution in [0.3, 0.4) is 0 Å². The summed E-state index contributed by atoms with van der Waals surface area (Å²) >= 11 is 0. The molecular formula is C17H12N6. The quantitative estimate of drug-likeness (QED) is 0.612. The van der Waals surface area contributed by atoms with Gasteiger partial charge in [-0.15, -0.1) is 0 Å². The molecule has 4 rings (SSSR count). The number of nitrogens with zero attached hydrogens (tertiary/aromatic N) is 5. The van der Waals surface area contributed by atoms with E-state index in [2.05, 4.69) is 24.9 Å². The molecule has 0 unspecified atom stereocenters. The topological polar surface area (TPSA) is 90.5 Å². The molecule has 4 aromatic rings. The van der Waals surface area contributed by atoms with E-state index in [0.29, 0.717) is 22.9 Å². The lowest BCUT2D eigenvalue weighted by Gasteiger charge is -2.09. The standard InChI is InChI=1S/C17H12N6/c18-15-10-22-16(17(23-15)14-9-19-6-7-21-14)12-3-4-13-11(8-12)2-1-5-20-13/h1-10H,(H2,18,23). The molecule has 6 heteroatoms. The lowest BCUT2D eigenvalue weighted by atomic mass is 10.1. The Bertz CT molecular complexity index is 984. The van der Waals surface area contributed by atoms with Gasteiger partial charge in [0.15, 0.2) is 0 Å². The highest BCUT2D eigenvalue weighted by atomic mass is 14.9. The Morgan fingerprint density at radius 3 is 2.65 bits per heavy atom. The summed E-state index contributed by atoms with van der Waals surface area (Å²) in [6.45, 7) is 0. The Balaban J connectivity index is 1.94. The first kappa shape index (κ1) is 13.3. The zero-order chi connectivity index (χ0) is 15.6. The minimum absolute atomic E-state index is 0.344. The van der Waals surface area contributed by atoms with E-state index in [1.807, 2.05) is 30.3 Å². The lowest BCUT2D eigenvalue weighted by molar-refractivity contribution is 1.15. The van der Waals surface area contributed by atoms with Gasteiger partial charge in [-0.05, 0) is 18.2 Å². The second kappa shape index (κ2) is 5.42. The number of hydrogen-bond acceptors (Lipinski definition) is 6. The molecule has 0 spiro atoms. The molecule has 0 aliphatic heterocycles. The molecule has 6 nitrogen and oxygen atoms in total. The summed E-state index contributed by atoms with van der Waals surface area (Å²) in [5, 5.41) is 1.04. The smallest absolute Gasteiger partial charge is 0.142 e. The number of nitrogen functional groups attached to an aromatic ring is 1. The number of pyridine rings is 1. The second-order valence-electron chi connectivity index (χ2n) is 4.99. The van der Waals surface area contributed by atoms with Gasteiger partial charge in [0.25, 0.3) is 0 Å². The molecule has 3 aromatic heterocycles. The minimum Gasteiger partial charge on any atom is -0.382 e. The van der Waals surface area contributed by atoms with E-state index < -0.39 is 0 Å². The van der Waals surface area contributed by atoms with Crippen LogP contribution >= 0.6 is 0 Å². The molecule has 3 heterocycles. The van der Waals surface area contributed by atoms with Crippen molar-refractivity contribution in [1.82, 2.24) is 24.9 Å². The molecule has 0 atom stereocenters. The summed E-state index contributed by atoms with van der Waals surface area (Å²) in [4.78, 5) is 21.6. The Labute approximate surface area is 132 Å². The number of fused-ring (bicyclic) bond motifs is 1. The maximum absolute atomic E-state index is 5.80. The van der Waals surface area contributed by atoms with E-state index in [1.54, 1.807) is 31.0 Å². The summed E-state index contributed by atoms with van der Waals surface area (Å²) in [6, 6.07) is 9.88. The SMILES string of the molecule is Nc1cnc(-c2ccc3ncccc3c2)c(-c2cnccn2)n1. The van der Waals surface area contributed by atoms with Crippen molar-refractivity contribution in [2.45, 2.75) is 0 Å². The molecule has 0 radical (unpaired) electrons. The molecule has 23 heavy (non-hydrogen) atoms.